The molecule has 0 aliphatic heterocycles. The van der Waals surface area contributed by atoms with Crippen LogP contribution in [-0.2, 0) is 19.0 Å². The molecule has 1 rings (SSSR count). The van der Waals surface area contributed by atoms with Crippen LogP contribution in [0.5, 0.6) is 0 Å². The maximum Gasteiger partial charge on any atom is 0.338 e. The van der Waals surface area contributed by atoms with Gasteiger partial charge in [-0.25, -0.2) is 0 Å². The van der Waals surface area contributed by atoms with Gasteiger partial charge in [0.05, 0.1) is 0 Å². The molecule has 0 unspecified atom stereocenters. The lowest BCUT2D eigenvalue weighted by molar-refractivity contribution is 0.191. The molecule has 1 aromatic rings. The molecule has 0 N–H and O–H groups in total. The zero-order valence-corrected chi connectivity index (χ0v) is 12.5. The van der Waals surface area contributed by atoms with Crippen LogP contribution in [0.2, 0.25) is 0 Å². The Kier molecular flexibility index (Phi) is 5.41. The minimum Gasteiger partial charge on any atom is -0.381 e. The van der Waals surface area contributed by atoms with Gasteiger partial charge >= 0.3 is 10.1 Å². The molecule has 0 amide bonds. The highest BCUT2D eigenvalue weighted by Crippen LogP contribution is 2.17. The summed E-state index contributed by atoms with van der Waals surface area (Å²) in [5.41, 5.74) is 0.991. The van der Waals surface area contributed by atoms with Crippen LogP contribution in [0.3, 0.4) is 0 Å². The van der Waals surface area contributed by atoms with E-state index in [9.17, 15) is 8.42 Å². The van der Waals surface area contributed by atoms with E-state index in [1.54, 1.807) is 12.1 Å². The lowest BCUT2D eigenvalue weighted by Crippen LogP contribution is -2.09. The molecule has 0 atom stereocenters. The van der Waals surface area contributed by atoms with Gasteiger partial charge in [0, 0.05) is 11.2 Å². The average molecular weight is 368 g/mol. The van der Waals surface area contributed by atoms with Gasteiger partial charge in [-0.1, -0.05) is 17.7 Å². The Morgan fingerprint density at radius 1 is 1.35 bits per heavy atom. The lowest BCUT2D eigenvalue weighted by atomic mass is 10.2. The van der Waals surface area contributed by atoms with Gasteiger partial charge in [0.15, 0.2) is 5.76 Å². The van der Waals surface area contributed by atoms with E-state index in [2.05, 4.69) is 0 Å². The highest BCUT2D eigenvalue weighted by molar-refractivity contribution is 14.1. The Labute approximate surface area is 115 Å². The minimum atomic E-state index is -3.76. The molecule has 94 valence electrons. The van der Waals surface area contributed by atoms with Crippen LogP contribution in [0.15, 0.2) is 39.0 Å². The molecular weight excluding hydrogens is 355 g/mol. The molecule has 0 aliphatic rings. The van der Waals surface area contributed by atoms with Crippen LogP contribution < -0.4 is 0 Å². The summed E-state index contributed by atoms with van der Waals surface area (Å²) in [4.78, 5) is 0.134. The summed E-state index contributed by atoms with van der Waals surface area (Å²) >= 11 is 1.91. The highest BCUT2D eigenvalue weighted by Gasteiger charge is 2.17. The van der Waals surface area contributed by atoms with Crippen molar-refractivity contribution in [1.82, 2.24) is 0 Å². The van der Waals surface area contributed by atoms with Gasteiger partial charge in [0.1, 0.15) is 11.5 Å². The van der Waals surface area contributed by atoms with E-state index in [1.165, 1.54) is 23.3 Å². The first-order valence-electron chi connectivity index (χ1n) is 4.79. The summed E-state index contributed by atoms with van der Waals surface area (Å²) in [6.45, 7) is 2.01. The normalized spacial score (nSPS) is 12.5. The second-order valence-electron chi connectivity index (χ2n) is 3.36. The van der Waals surface area contributed by atoms with Crippen molar-refractivity contribution in [2.45, 2.75) is 11.8 Å². The van der Waals surface area contributed by atoms with E-state index in [-0.39, 0.29) is 17.3 Å². The Hall–Kier alpha value is -0.600. The van der Waals surface area contributed by atoms with Crippen molar-refractivity contribution in [3.8, 4) is 0 Å². The number of ether oxygens (including phenoxy) is 1. The van der Waals surface area contributed by atoms with Gasteiger partial charge in [-0.2, -0.15) is 8.42 Å². The summed E-state index contributed by atoms with van der Waals surface area (Å²) < 4.78 is 35.1. The topological polar surface area (TPSA) is 52.6 Å². The zero-order chi connectivity index (χ0) is 12.9. The van der Waals surface area contributed by atoms with E-state index < -0.39 is 10.1 Å². The van der Waals surface area contributed by atoms with Crippen LogP contribution in [0.25, 0.3) is 0 Å². The lowest BCUT2D eigenvalue weighted by Gasteiger charge is -2.09. The number of halogens is 1. The maximum absolute atomic E-state index is 11.9. The molecule has 0 saturated heterocycles. The van der Waals surface area contributed by atoms with Crippen LogP contribution in [0, 0.1) is 6.92 Å². The second kappa shape index (κ2) is 6.36. The van der Waals surface area contributed by atoms with Gasteiger partial charge < -0.3 is 8.92 Å². The molecule has 0 spiro atoms. The predicted octanol–water partition coefficient (Wildman–Crippen LogP) is 2.62. The summed E-state index contributed by atoms with van der Waals surface area (Å²) in [5, 5.41) is 0. The van der Waals surface area contributed by atoms with Crippen molar-refractivity contribution in [2.75, 3.05) is 13.7 Å². The van der Waals surface area contributed by atoms with Crippen molar-refractivity contribution >= 4 is 32.7 Å². The zero-order valence-electron chi connectivity index (χ0n) is 9.51. The Morgan fingerprint density at radius 3 is 2.41 bits per heavy atom. The number of hydrogen-bond donors (Lipinski definition) is 0. The van der Waals surface area contributed by atoms with Crippen molar-refractivity contribution in [1.29, 1.82) is 0 Å². The molecule has 0 aromatic heterocycles. The standard InChI is InChI=1S/C11H13IO4S/c1-9-3-5-11(6-4-9)17(13,14)16-10(7-12)8-15-2/h3-7H,8H2,1-2H3/b10-7+. The summed E-state index contributed by atoms with van der Waals surface area (Å²) in [6.07, 6.45) is 0. The van der Waals surface area contributed by atoms with Gasteiger partial charge in [0.25, 0.3) is 0 Å². The fourth-order valence-corrected chi connectivity index (χ4v) is 2.53. The first-order chi connectivity index (χ1) is 7.99. The van der Waals surface area contributed by atoms with Crippen molar-refractivity contribution in [3.05, 3.63) is 39.7 Å². The summed E-state index contributed by atoms with van der Waals surface area (Å²) in [7, 11) is -2.29. The molecule has 4 nitrogen and oxygen atoms in total. The third-order valence-electron chi connectivity index (χ3n) is 1.93. The van der Waals surface area contributed by atoms with Crippen LogP contribution in [-0.4, -0.2) is 22.1 Å². The molecule has 0 bridgehead atoms. The first kappa shape index (κ1) is 14.5. The quantitative estimate of drug-likeness (QED) is 0.456. The molecule has 17 heavy (non-hydrogen) atoms. The number of benzene rings is 1. The smallest absolute Gasteiger partial charge is 0.338 e. The summed E-state index contributed by atoms with van der Waals surface area (Å²) in [5.74, 6) is 0.258. The molecule has 0 aliphatic carbocycles. The highest BCUT2D eigenvalue weighted by atomic mass is 127. The van der Waals surface area contributed by atoms with E-state index in [0.29, 0.717) is 0 Å². The molecule has 6 heteroatoms. The van der Waals surface area contributed by atoms with Gasteiger partial charge in [-0.05, 0) is 41.6 Å². The average Bonchev–Trinajstić information content (AvgIpc) is 2.28. The van der Waals surface area contributed by atoms with Crippen LogP contribution in [0.4, 0.5) is 0 Å². The Morgan fingerprint density at radius 2 is 1.94 bits per heavy atom. The molecule has 1 aromatic carbocycles. The third kappa shape index (κ3) is 4.29. The molecule has 0 heterocycles. The van der Waals surface area contributed by atoms with Crippen LogP contribution in [0.1, 0.15) is 5.56 Å². The SMILES string of the molecule is COC/C(=C\I)OS(=O)(=O)c1ccc(C)cc1. The molecule has 0 saturated carbocycles. The van der Waals surface area contributed by atoms with Crippen LogP contribution >= 0.6 is 22.6 Å². The van der Waals surface area contributed by atoms with Crippen molar-refractivity contribution < 1.29 is 17.3 Å². The Bertz CT molecular complexity index is 491. The monoisotopic (exact) mass is 368 g/mol. The third-order valence-corrected chi connectivity index (χ3v) is 3.91. The summed E-state index contributed by atoms with van der Waals surface area (Å²) in [6, 6.07) is 6.48. The molecule has 0 radical (unpaired) electrons. The first-order valence-corrected chi connectivity index (χ1v) is 7.44. The van der Waals surface area contributed by atoms with Gasteiger partial charge in [-0.15, -0.1) is 0 Å². The van der Waals surface area contributed by atoms with Gasteiger partial charge in [-0.3, -0.25) is 0 Å². The number of aryl methyl sites for hydroxylation is 1. The van der Waals surface area contributed by atoms with E-state index in [1.807, 2.05) is 29.5 Å². The van der Waals surface area contributed by atoms with Gasteiger partial charge in [0.2, 0.25) is 0 Å². The largest absolute Gasteiger partial charge is 0.381 e. The molecule has 0 fully saturated rings. The van der Waals surface area contributed by atoms with E-state index >= 15 is 0 Å². The Balaban J connectivity index is 2.92. The van der Waals surface area contributed by atoms with E-state index in [4.69, 9.17) is 8.92 Å². The number of hydrogen-bond acceptors (Lipinski definition) is 4. The van der Waals surface area contributed by atoms with Crippen molar-refractivity contribution in [3.63, 3.8) is 0 Å². The minimum absolute atomic E-state index is 0.119. The fourth-order valence-electron chi connectivity index (χ4n) is 1.11. The fraction of sp³-hybridized carbons (Fsp3) is 0.273. The number of methoxy groups -OCH3 is 1. The second-order valence-corrected chi connectivity index (χ2v) is 5.53. The van der Waals surface area contributed by atoms with Crippen molar-refractivity contribution in [2.24, 2.45) is 0 Å². The number of rotatable bonds is 5. The molecular formula is C11H13IO4S. The maximum atomic E-state index is 11.9. The predicted molar refractivity (Wildman–Crippen MR) is 73.4 cm³/mol. The van der Waals surface area contributed by atoms with E-state index in [0.717, 1.165) is 5.56 Å².